The summed E-state index contributed by atoms with van der Waals surface area (Å²) in [6, 6.07) is 16.2. The lowest BCUT2D eigenvalue weighted by molar-refractivity contribution is 0.0954. The van der Waals surface area contributed by atoms with E-state index in [-0.39, 0.29) is 5.91 Å². The Labute approximate surface area is 143 Å². The summed E-state index contributed by atoms with van der Waals surface area (Å²) in [7, 11) is 0. The van der Waals surface area contributed by atoms with Gasteiger partial charge in [-0.1, -0.05) is 29.8 Å². The van der Waals surface area contributed by atoms with Crippen molar-refractivity contribution in [2.45, 2.75) is 13.3 Å². The van der Waals surface area contributed by atoms with Crippen LogP contribution in [0.1, 0.15) is 21.5 Å². The molecule has 0 atom stereocenters. The average Bonchev–Trinajstić information content (AvgIpc) is 2.63. The molecule has 4 nitrogen and oxygen atoms in total. The summed E-state index contributed by atoms with van der Waals surface area (Å²) in [5.41, 5.74) is 4.34. The van der Waals surface area contributed by atoms with Gasteiger partial charge >= 0.3 is 0 Å². The molecular weight excluding hydrogens is 300 g/mol. The number of hydrogen-bond donors (Lipinski definition) is 1. The number of aryl methyl sites for hydroxylation is 1. The fraction of sp³-hybridized carbons (Fsp3) is 0.350. The zero-order valence-corrected chi connectivity index (χ0v) is 14.1. The molecule has 0 saturated carbocycles. The number of amides is 1. The van der Waals surface area contributed by atoms with Crippen LogP contribution in [0.25, 0.3) is 0 Å². The van der Waals surface area contributed by atoms with E-state index >= 15 is 0 Å². The highest BCUT2D eigenvalue weighted by Gasteiger charge is 2.10. The summed E-state index contributed by atoms with van der Waals surface area (Å²) in [6.07, 6.45) is 0.834. The molecule has 0 aromatic heterocycles. The van der Waals surface area contributed by atoms with Crippen LogP contribution in [0.15, 0.2) is 48.5 Å². The standard InChI is InChI=1S/C20H24N2O2/c1-16-2-6-18(7-3-16)20(23)21-11-10-17-4-8-19(9-5-17)22-12-14-24-15-13-22/h2-9H,10-15H2,1H3,(H,21,23). The second-order valence-electron chi connectivity index (χ2n) is 6.14. The quantitative estimate of drug-likeness (QED) is 0.919. The van der Waals surface area contributed by atoms with E-state index in [1.165, 1.54) is 11.3 Å². The van der Waals surface area contributed by atoms with Gasteiger partial charge in [-0.15, -0.1) is 0 Å². The number of rotatable bonds is 5. The molecular formula is C20H24N2O2. The summed E-state index contributed by atoms with van der Waals surface area (Å²) < 4.78 is 5.38. The number of ether oxygens (including phenoxy) is 1. The van der Waals surface area contributed by atoms with Gasteiger partial charge in [-0.25, -0.2) is 0 Å². The van der Waals surface area contributed by atoms with Crippen molar-refractivity contribution in [3.63, 3.8) is 0 Å². The van der Waals surface area contributed by atoms with Gasteiger partial charge in [-0.05, 0) is 43.2 Å². The van der Waals surface area contributed by atoms with Crippen molar-refractivity contribution in [3.05, 3.63) is 65.2 Å². The van der Waals surface area contributed by atoms with E-state index in [4.69, 9.17) is 4.74 Å². The number of benzene rings is 2. The maximum atomic E-state index is 12.1. The number of anilines is 1. The number of nitrogens with one attached hydrogen (secondary N) is 1. The Morgan fingerprint density at radius 1 is 1.04 bits per heavy atom. The van der Waals surface area contributed by atoms with Crippen molar-refractivity contribution in [2.24, 2.45) is 0 Å². The fourth-order valence-electron chi connectivity index (χ4n) is 2.82. The first-order valence-electron chi connectivity index (χ1n) is 8.49. The second kappa shape index (κ2) is 7.97. The van der Waals surface area contributed by atoms with Gasteiger partial charge in [0.1, 0.15) is 0 Å². The summed E-state index contributed by atoms with van der Waals surface area (Å²) in [5, 5.41) is 2.98. The summed E-state index contributed by atoms with van der Waals surface area (Å²) in [6.45, 7) is 6.16. The Morgan fingerprint density at radius 3 is 2.38 bits per heavy atom. The third-order valence-electron chi connectivity index (χ3n) is 4.33. The minimum absolute atomic E-state index is 0.0139. The number of hydrogen-bond acceptors (Lipinski definition) is 3. The molecule has 1 saturated heterocycles. The smallest absolute Gasteiger partial charge is 0.251 e. The van der Waals surface area contributed by atoms with Crippen LogP contribution in [-0.2, 0) is 11.2 Å². The third kappa shape index (κ3) is 4.36. The van der Waals surface area contributed by atoms with E-state index in [9.17, 15) is 4.79 Å². The molecule has 4 heteroatoms. The molecule has 1 aliphatic rings. The number of carbonyl (C=O) groups excluding carboxylic acids is 1. The van der Waals surface area contributed by atoms with Gasteiger partial charge in [-0.3, -0.25) is 4.79 Å². The van der Waals surface area contributed by atoms with Crippen molar-refractivity contribution in [1.82, 2.24) is 5.32 Å². The number of carbonyl (C=O) groups is 1. The SMILES string of the molecule is Cc1ccc(C(=O)NCCc2ccc(N3CCOCC3)cc2)cc1. The van der Waals surface area contributed by atoms with Gasteiger partial charge in [0.25, 0.3) is 5.91 Å². The first-order chi connectivity index (χ1) is 11.7. The van der Waals surface area contributed by atoms with Gasteiger partial charge in [0.2, 0.25) is 0 Å². The van der Waals surface area contributed by atoms with Crippen molar-refractivity contribution in [1.29, 1.82) is 0 Å². The summed E-state index contributed by atoms with van der Waals surface area (Å²) in [5.74, 6) is -0.0139. The van der Waals surface area contributed by atoms with Crippen molar-refractivity contribution in [3.8, 4) is 0 Å². The van der Waals surface area contributed by atoms with E-state index in [2.05, 4.69) is 34.5 Å². The molecule has 126 valence electrons. The molecule has 0 aliphatic carbocycles. The summed E-state index contributed by atoms with van der Waals surface area (Å²) in [4.78, 5) is 14.4. The minimum Gasteiger partial charge on any atom is -0.378 e. The Morgan fingerprint density at radius 2 is 1.71 bits per heavy atom. The van der Waals surface area contributed by atoms with Crippen LogP contribution in [-0.4, -0.2) is 38.8 Å². The monoisotopic (exact) mass is 324 g/mol. The molecule has 0 spiro atoms. The van der Waals surface area contributed by atoms with E-state index < -0.39 is 0 Å². The Kier molecular flexibility index (Phi) is 5.49. The molecule has 2 aromatic carbocycles. The first-order valence-corrected chi connectivity index (χ1v) is 8.49. The fourth-order valence-corrected chi connectivity index (χ4v) is 2.82. The maximum absolute atomic E-state index is 12.1. The predicted octanol–water partition coefficient (Wildman–Crippen LogP) is 2.80. The van der Waals surface area contributed by atoms with Crippen LogP contribution in [0, 0.1) is 6.92 Å². The third-order valence-corrected chi connectivity index (χ3v) is 4.33. The van der Waals surface area contributed by atoms with E-state index in [0.29, 0.717) is 12.1 Å². The molecule has 2 aromatic rings. The largest absolute Gasteiger partial charge is 0.378 e. The normalized spacial score (nSPS) is 14.5. The molecule has 3 rings (SSSR count). The Balaban J connectivity index is 1.48. The molecule has 1 amide bonds. The van der Waals surface area contributed by atoms with Crippen LogP contribution in [0.4, 0.5) is 5.69 Å². The maximum Gasteiger partial charge on any atom is 0.251 e. The lowest BCUT2D eigenvalue weighted by atomic mass is 10.1. The van der Waals surface area contributed by atoms with Gasteiger partial charge in [0.05, 0.1) is 13.2 Å². The average molecular weight is 324 g/mol. The molecule has 0 radical (unpaired) electrons. The first kappa shape index (κ1) is 16.5. The van der Waals surface area contributed by atoms with Crippen LogP contribution < -0.4 is 10.2 Å². The van der Waals surface area contributed by atoms with Gasteiger partial charge in [0.15, 0.2) is 0 Å². The molecule has 0 bridgehead atoms. The predicted molar refractivity (Wildman–Crippen MR) is 96.7 cm³/mol. The Bertz CT molecular complexity index is 659. The highest BCUT2D eigenvalue weighted by Crippen LogP contribution is 2.16. The van der Waals surface area contributed by atoms with Crippen LogP contribution in [0.5, 0.6) is 0 Å². The molecule has 24 heavy (non-hydrogen) atoms. The molecule has 1 fully saturated rings. The highest BCUT2D eigenvalue weighted by molar-refractivity contribution is 5.94. The highest BCUT2D eigenvalue weighted by atomic mass is 16.5. The minimum atomic E-state index is -0.0139. The lowest BCUT2D eigenvalue weighted by Crippen LogP contribution is -2.36. The Hall–Kier alpha value is -2.33. The molecule has 0 unspecified atom stereocenters. The number of morpholine rings is 1. The van der Waals surface area contributed by atoms with E-state index in [1.54, 1.807) is 0 Å². The van der Waals surface area contributed by atoms with Crippen LogP contribution in [0.2, 0.25) is 0 Å². The molecule has 1 N–H and O–H groups in total. The van der Waals surface area contributed by atoms with E-state index in [1.807, 2.05) is 31.2 Å². The molecule has 1 aliphatic heterocycles. The van der Waals surface area contributed by atoms with Crippen LogP contribution in [0.3, 0.4) is 0 Å². The second-order valence-corrected chi connectivity index (χ2v) is 6.14. The lowest BCUT2D eigenvalue weighted by Gasteiger charge is -2.28. The van der Waals surface area contributed by atoms with Gasteiger partial charge in [0, 0.05) is 30.9 Å². The number of nitrogens with zero attached hydrogens (tertiary/aromatic N) is 1. The van der Waals surface area contributed by atoms with E-state index in [0.717, 1.165) is 38.3 Å². The van der Waals surface area contributed by atoms with Crippen molar-refractivity contribution in [2.75, 3.05) is 37.7 Å². The summed E-state index contributed by atoms with van der Waals surface area (Å²) >= 11 is 0. The van der Waals surface area contributed by atoms with Crippen molar-refractivity contribution < 1.29 is 9.53 Å². The van der Waals surface area contributed by atoms with Gasteiger partial charge in [-0.2, -0.15) is 0 Å². The van der Waals surface area contributed by atoms with Crippen molar-refractivity contribution >= 4 is 11.6 Å². The molecule has 1 heterocycles. The zero-order valence-electron chi connectivity index (χ0n) is 14.1. The topological polar surface area (TPSA) is 41.6 Å². The van der Waals surface area contributed by atoms with Gasteiger partial charge < -0.3 is 15.0 Å². The van der Waals surface area contributed by atoms with Crippen LogP contribution >= 0.6 is 0 Å². The zero-order chi connectivity index (χ0) is 16.8.